The first kappa shape index (κ1) is 12.8. The van der Waals surface area contributed by atoms with Crippen LogP contribution in [0.5, 0.6) is 5.75 Å². The molecule has 6 nitrogen and oxygen atoms in total. The van der Waals surface area contributed by atoms with E-state index < -0.39 is 5.97 Å². The molecule has 1 aromatic heterocycles. The molecule has 19 heavy (non-hydrogen) atoms. The predicted octanol–water partition coefficient (Wildman–Crippen LogP) is 2.24. The summed E-state index contributed by atoms with van der Waals surface area (Å²) >= 11 is 0. The van der Waals surface area contributed by atoms with Crippen molar-refractivity contribution >= 4 is 17.5 Å². The van der Waals surface area contributed by atoms with Crippen LogP contribution in [-0.4, -0.2) is 28.2 Å². The van der Waals surface area contributed by atoms with E-state index in [-0.39, 0.29) is 11.4 Å². The van der Waals surface area contributed by atoms with Gasteiger partial charge in [-0.2, -0.15) is 0 Å². The largest absolute Gasteiger partial charge is 0.495 e. The molecule has 0 atom stereocenters. The van der Waals surface area contributed by atoms with E-state index >= 15 is 0 Å². The molecular weight excluding hydrogens is 246 g/mol. The van der Waals surface area contributed by atoms with Gasteiger partial charge in [-0.3, -0.25) is 0 Å². The number of carboxylic acid groups (broad SMARTS) is 1. The van der Waals surface area contributed by atoms with E-state index in [0.717, 1.165) is 0 Å². The Morgan fingerprint density at radius 3 is 2.79 bits per heavy atom. The lowest BCUT2D eigenvalue weighted by Gasteiger charge is -2.12. The molecule has 0 radical (unpaired) electrons. The van der Waals surface area contributed by atoms with Crippen LogP contribution in [0.2, 0.25) is 0 Å². The molecule has 0 spiro atoms. The van der Waals surface area contributed by atoms with Crippen molar-refractivity contribution in [3.63, 3.8) is 0 Å². The van der Waals surface area contributed by atoms with Gasteiger partial charge in [-0.25, -0.2) is 14.8 Å². The lowest BCUT2D eigenvalue weighted by atomic mass is 10.2. The summed E-state index contributed by atoms with van der Waals surface area (Å²) in [6, 6.07) is 7.20. The Kier molecular flexibility index (Phi) is 3.61. The number of methoxy groups -OCH3 is 1. The standard InChI is InChI=1S/C13H13N3O3/c1-8-14-7-9(13(17)18)12(15-8)16-10-5-3-4-6-11(10)19-2/h3-7H,1-2H3,(H,17,18)(H,14,15,16). The van der Waals surface area contributed by atoms with Crippen molar-refractivity contribution in [3.05, 3.63) is 41.9 Å². The van der Waals surface area contributed by atoms with Gasteiger partial charge in [-0.05, 0) is 19.1 Å². The summed E-state index contributed by atoms with van der Waals surface area (Å²) in [6.07, 6.45) is 1.28. The minimum atomic E-state index is -1.09. The van der Waals surface area contributed by atoms with Gasteiger partial charge in [0.2, 0.25) is 0 Å². The van der Waals surface area contributed by atoms with Crippen molar-refractivity contribution in [2.75, 3.05) is 12.4 Å². The Morgan fingerprint density at radius 2 is 2.11 bits per heavy atom. The van der Waals surface area contributed by atoms with Crippen molar-refractivity contribution in [1.29, 1.82) is 0 Å². The van der Waals surface area contributed by atoms with E-state index in [1.54, 1.807) is 26.2 Å². The molecule has 2 aromatic rings. The number of rotatable bonds is 4. The molecule has 0 fully saturated rings. The Labute approximate surface area is 110 Å². The highest BCUT2D eigenvalue weighted by Gasteiger charge is 2.14. The van der Waals surface area contributed by atoms with Crippen LogP contribution < -0.4 is 10.1 Å². The number of ether oxygens (including phenoxy) is 1. The monoisotopic (exact) mass is 259 g/mol. The molecule has 2 rings (SSSR count). The molecule has 0 aliphatic carbocycles. The number of hydrogen-bond donors (Lipinski definition) is 2. The summed E-state index contributed by atoms with van der Waals surface area (Å²) in [5.41, 5.74) is 0.655. The summed E-state index contributed by atoms with van der Waals surface area (Å²) in [5, 5.41) is 12.1. The first-order valence-corrected chi connectivity index (χ1v) is 5.59. The van der Waals surface area contributed by atoms with E-state index in [2.05, 4.69) is 15.3 Å². The SMILES string of the molecule is COc1ccccc1Nc1nc(C)ncc1C(=O)O. The van der Waals surface area contributed by atoms with Gasteiger partial charge in [-0.15, -0.1) is 0 Å². The van der Waals surface area contributed by atoms with E-state index in [0.29, 0.717) is 17.3 Å². The van der Waals surface area contributed by atoms with Gasteiger partial charge in [0.15, 0.2) is 0 Å². The number of hydrogen-bond acceptors (Lipinski definition) is 5. The molecule has 0 aliphatic heterocycles. The van der Waals surface area contributed by atoms with Crippen molar-refractivity contribution in [1.82, 2.24) is 9.97 Å². The smallest absolute Gasteiger partial charge is 0.341 e. The van der Waals surface area contributed by atoms with Crippen LogP contribution in [0.4, 0.5) is 11.5 Å². The number of aryl methyl sites for hydroxylation is 1. The van der Waals surface area contributed by atoms with Crippen molar-refractivity contribution in [2.24, 2.45) is 0 Å². The fourth-order valence-electron chi connectivity index (χ4n) is 1.60. The number of para-hydroxylation sites is 2. The molecule has 0 unspecified atom stereocenters. The predicted molar refractivity (Wildman–Crippen MR) is 70.0 cm³/mol. The number of aromatic nitrogens is 2. The van der Waals surface area contributed by atoms with Crippen LogP contribution in [0.25, 0.3) is 0 Å². The maximum Gasteiger partial charge on any atom is 0.341 e. The minimum Gasteiger partial charge on any atom is -0.495 e. The van der Waals surface area contributed by atoms with Gasteiger partial charge in [-0.1, -0.05) is 12.1 Å². The highest BCUT2D eigenvalue weighted by atomic mass is 16.5. The third-order valence-electron chi connectivity index (χ3n) is 2.50. The number of carboxylic acids is 1. The van der Waals surface area contributed by atoms with Crippen molar-refractivity contribution in [2.45, 2.75) is 6.92 Å². The second-order valence-electron chi connectivity index (χ2n) is 3.81. The summed E-state index contributed by atoms with van der Waals surface area (Å²) < 4.78 is 5.19. The molecule has 1 heterocycles. The molecular formula is C13H13N3O3. The summed E-state index contributed by atoms with van der Waals surface area (Å²) in [7, 11) is 1.55. The van der Waals surface area contributed by atoms with Crippen molar-refractivity contribution in [3.8, 4) is 5.75 Å². The van der Waals surface area contributed by atoms with Crippen LogP contribution in [0.3, 0.4) is 0 Å². The zero-order valence-electron chi connectivity index (χ0n) is 10.5. The minimum absolute atomic E-state index is 0.0107. The van der Waals surface area contributed by atoms with Crippen LogP contribution >= 0.6 is 0 Å². The fourth-order valence-corrected chi connectivity index (χ4v) is 1.60. The molecule has 0 aliphatic rings. The third kappa shape index (κ3) is 2.79. The lowest BCUT2D eigenvalue weighted by Crippen LogP contribution is -2.07. The molecule has 98 valence electrons. The number of anilines is 2. The lowest BCUT2D eigenvalue weighted by molar-refractivity contribution is 0.0697. The quantitative estimate of drug-likeness (QED) is 0.875. The maximum absolute atomic E-state index is 11.1. The highest BCUT2D eigenvalue weighted by molar-refractivity contribution is 5.93. The molecule has 2 N–H and O–H groups in total. The highest BCUT2D eigenvalue weighted by Crippen LogP contribution is 2.27. The number of nitrogens with one attached hydrogen (secondary N) is 1. The zero-order chi connectivity index (χ0) is 13.8. The van der Waals surface area contributed by atoms with E-state index in [9.17, 15) is 4.79 Å². The Bertz CT molecular complexity index is 614. The second kappa shape index (κ2) is 5.34. The molecule has 0 bridgehead atoms. The molecule has 6 heteroatoms. The third-order valence-corrected chi connectivity index (χ3v) is 2.50. The van der Waals surface area contributed by atoms with Gasteiger partial charge in [0.1, 0.15) is 23.0 Å². The fraction of sp³-hybridized carbons (Fsp3) is 0.154. The van der Waals surface area contributed by atoms with Gasteiger partial charge in [0.25, 0.3) is 0 Å². The maximum atomic E-state index is 11.1. The number of nitrogens with zero attached hydrogens (tertiary/aromatic N) is 2. The average molecular weight is 259 g/mol. The van der Waals surface area contributed by atoms with Gasteiger partial charge < -0.3 is 15.2 Å². The average Bonchev–Trinajstić information content (AvgIpc) is 2.39. The first-order chi connectivity index (χ1) is 9.11. The molecule has 0 amide bonds. The van der Waals surface area contributed by atoms with Crippen molar-refractivity contribution < 1.29 is 14.6 Å². The van der Waals surface area contributed by atoms with Gasteiger partial charge in [0, 0.05) is 6.20 Å². The van der Waals surface area contributed by atoms with Crippen LogP contribution in [-0.2, 0) is 0 Å². The van der Waals surface area contributed by atoms with E-state index in [1.165, 1.54) is 6.20 Å². The number of benzene rings is 1. The van der Waals surface area contributed by atoms with Crippen LogP contribution in [0.15, 0.2) is 30.5 Å². The summed E-state index contributed by atoms with van der Waals surface area (Å²) in [6.45, 7) is 1.69. The number of aromatic carboxylic acids is 1. The summed E-state index contributed by atoms with van der Waals surface area (Å²) in [4.78, 5) is 19.1. The topological polar surface area (TPSA) is 84.3 Å². The Balaban J connectivity index is 2.42. The molecule has 0 saturated carbocycles. The summed E-state index contributed by atoms with van der Waals surface area (Å²) in [5.74, 6) is 0.249. The van der Waals surface area contributed by atoms with E-state index in [4.69, 9.17) is 9.84 Å². The first-order valence-electron chi connectivity index (χ1n) is 5.59. The Morgan fingerprint density at radius 1 is 1.37 bits per heavy atom. The normalized spacial score (nSPS) is 10.0. The molecule has 0 saturated heterocycles. The van der Waals surface area contributed by atoms with Gasteiger partial charge >= 0.3 is 5.97 Å². The second-order valence-corrected chi connectivity index (χ2v) is 3.81. The van der Waals surface area contributed by atoms with E-state index in [1.807, 2.05) is 12.1 Å². The van der Waals surface area contributed by atoms with Crippen LogP contribution in [0, 0.1) is 6.92 Å². The van der Waals surface area contributed by atoms with Crippen LogP contribution in [0.1, 0.15) is 16.2 Å². The molecule has 1 aromatic carbocycles. The Hall–Kier alpha value is -2.63. The number of carbonyl (C=O) groups is 1. The van der Waals surface area contributed by atoms with Gasteiger partial charge in [0.05, 0.1) is 12.8 Å². The zero-order valence-corrected chi connectivity index (χ0v) is 10.5.